The van der Waals surface area contributed by atoms with Crippen molar-refractivity contribution in [1.82, 2.24) is 5.32 Å². The Balaban J connectivity index is 2.41. The van der Waals surface area contributed by atoms with Crippen LogP contribution >= 0.6 is 0 Å². The van der Waals surface area contributed by atoms with Gasteiger partial charge in [-0.1, -0.05) is 0 Å². The summed E-state index contributed by atoms with van der Waals surface area (Å²) in [5, 5.41) is 3.17. The van der Waals surface area contributed by atoms with Crippen molar-refractivity contribution < 1.29 is 14.3 Å². The SMILES string of the molecule is CCC[CH2][Sn]([CH2]CCC)([CH2]CCC)/[C](=C/c1ccc2c(c1)OCO2)NC=O. The van der Waals surface area contributed by atoms with Crippen LogP contribution in [0.1, 0.15) is 64.9 Å². The molecular formula is C22H35NO3Sn. The summed E-state index contributed by atoms with van der Waals surface area (Å²) in [5.41, 5.74) is 1.09. The fraction of sp³-hybridized carbons (Fsp3) is 0.591. The molecule has 1 aliphatic heterocycles. The summed E-state index contributed by atoms with van der Waals surface area (Å²) in [4.78, 5) is 11.5. The summed E-state index contributed by atoms with van der Waals surface area (Å²) >= 11 is -2.69. The number of amides is 1. The van der Waals surface area contributed by atoms with Gasteiger partial charge in [0.25, 0.3) is 0 Å². The van der Waals surface area contributed by atoms with Gasteiger partial charge in [0.15, 0.2) is 0 Å². The molecule has 0 fully saturated rings. The Bertz CT molecular complexity index is 608. The first kappa shape index (κ1) is 22.1. The van der Waals surface area contributed by atoms with E-state index in [1.165, 1.54) is 55.5 Å². The van der Waals surface area contributed by atoms with Crippen LogP contribution in [-0.2, 0) is 4.79 Å². The van der Waals surface area contributed by atoms with Crippen molar-refractivity contribution in [1.29, 1.82) is 0 Å². The quantitative estimate of drug-likeness (QED) is 0.283. The number of benzene rings is 1. The molecule has 0 unspecified atom stereocenters. The number of hydrogen-bond acceptors (Lipinski definition) is 3. The Morgan fingerprint density at radius 3 is 2.15 bits per heavy atom. The molecule has 0 saturated heterocycles. The third kappa shape index (κ3) is 6.16. The number of ether oxygens (including phenoxy) is 2. The number of carbonyl (C=O) groups excluding carboxylic acids is 1. The van der Waals surface area contributed by atoms with Gasteiger partial charge < -0.3 is 0 Å². The van der Waals surface area contributed by atoms with E-state index in [0.717, 1.165) is 23.5 Å². The number of unbranched alkanes of at least 4 members (excludes halogenated alkanes) is 3. The van der Waals surface area contributed by atoms with Crippen molar-refractivity contribution in [3.63, 3.8) is 0 Å². The maximum atomic E-state index is 11.5. The Kier molecular flexibility index (Phi) is 9.52. The van der Waals surface area contributed by atoms with Crippen LogP contribution in [0.2, 0.25) is 13.3 Å². The second-order valence-electron chi connectivity index (χ2n) is 7.52. The van der Waals surface area contributed by atoms with Gasteiger partial charge in [-0.2, -0.15) is 0 Å². The molecule has 0 aliphatic carbocycles. The van der Waals surface area contributed by atoms with Crippen LogP contribution in [0.4, 0.5) is 0 Å². The van der Waals surface area contributed by atoms with E-state index in [9.17, 15) is 4.79 Å². The van der Waals surface area contributed by atoms with E-state index in [4.69, 9.17) is 9.47 Å². The predicted molar refractivity (Wildman–Crippen MR) is 115 cm³/mol. The van der Waals surface area contributed by atoms with E-state index in [1.807, 2.05) is 12.1 Å². The van der Waals surface area contributed by atoms with Crippen LogP contribution < -0.4 is 14.8 Å². The molecule has 0 saturated carbocycles. The molecule has 150 valence electrons. The normalized spacial score (nSPS) is 13.7. The van der Waals surface area contributed by atoms with Crippen LogP contribution in [0.25, 0.3) is 6.08 Å². The van der Waals surface area contributed by atoms with E-state index in [1.54, 1.807) is 0 Å². The Morgan fingerprint density at radius 1 is 1.00 bits per heavy atom. The first-order valence-corrected chi connectivity index (χ1v) is 18.0. The van der Waals surface area contributed by atoms with E-state index in [-0.39, 0.29) is 6.79 Å². The van der Waals surface area contributed by atoms with Gasteiger partial charge in [0, 0.05) is 0 Å². The monoisotopic (exact) mass is 481 g/mol. The molecule has 2 rings (SSSR count). The van der Waals surface area contributed by atoms with Crippen molar-refractivity contribution in [2.75, 3.05) is 6.79 Å². The van der Waals surface area contributed by atoms with E-state index in [0.29, 0.717) is 0 Å². The minimum atomic E-state index is -2.69. The summed E-state index contributed by atoms with van der Waals surface area (Å²) in [6.07, 6.45) is 10.6. The van der Waals surface area contributed by atoms with Crippen LogP contribution in [-0.4, -0.2) is 31.6 Å². The number of hydrogen-bond donors (Lipinski definition) is 1. The standard InChI is InChI=1S/C10H8NO3.3C4H9.Sn/c12-6-11-4-3-8-1-2-9-10(5-8)14-7-13-9;3*1-3-4-2;/h1-3,5-6H,7H2,(H,11,12);3*1,3-4H2,2H3;. The average Bonchev–Trinajstić information content (AvgIpc) is 3.15. The molecule has 4 nitrogen and oxygen atoms in total. The van der Waals surface area contributed by atoms with Gasteiger partial charge in [-0.25, -0.2) is 0 Å². The number of rotatable bonds is 13. The molecular weight excluding hydrogens is 445 g/mol. The zero-order chi connectivity index (χ0) is 19.5. The molecule has 0 radical (unpaired) electrons. The zero-order valence-corrected chi connectivity index (χ0v) is 20.0. The molecule has 1 N–H and O–H groups in total. The number of fused-ring (bicyclic) bond motifs is 1. The summed E-state index contributed by atoms with van der Waals surface area (Å²) in [6, 6.07) is 6.06. The predicted octanol–water partition coefficient (Wildman–Crippen LogP) is 5.89. The van der Waals surface area contributed by atoms with Gasteiger partial charge in [-0.3, -0.25) is 0 Å². The number of carbonyl (C=O) groups is 1. The molecule has 0 spiro atoms. The first-order chi connectivity index (χ1) is 13.2. The molecule has 0 atom stereocenters. The molecule has 0 bridgehead atoms. The van der Waals surface area contributed by atoms with Gasteiger partial charge in [-0.05, 0) is 0 Å². The topological polar surface area (TPSA) is 47.6 Å². The van der Waals surface area contributed by atoms with Crippen molar-refractivity contribution in [3.8, 4) is 11.5 Å². The van der Waals surface area contributed by atoms with E-state index >= 15 is 0 Å². The van der Waals surface area contributed by atoms with Gasteiger partial charge in [0.05, 0.1) is 0 Å². The van der Waals surface area contributed by atoms with Gasteiger partial charge >= 0.3 is 169 Å². The molecule has 1 aromatic rings. The van der Waals surface area contributed by atoms with Crippen LogP contribution in [0, 0.1) is 0 Å². The summed E-state index contributed by atoms with van der Waals surface area (Å²) < 4.78 is 16.2. The van der Waals surface area contributed by atoms with Gasteiger partial charge in [0.1, 0.15) is 0 Å². The fourth-order valence-electron chi connectivity index (χ4n) is 3.91. The molecule has 27 heavy (non-hydrogen) atoms. The summed E-state index contributed by atoms with van der Waals surface area (Å²) in [5.74, 6) is 1.60. The van der Waals surface area contributed by atoms with Crippen molar-refractivity contribution in [2.45, 2.75) is 72.6 Å². The van der Waals surface area contributed by atoms with Crippen LogP contribution in [0.3, 0.4) is 0 Å². The summed E-state index contributed by atoms with van der Waals surface area (Å²) in [7, 11) is 0. The second kappa shape index (κ2) is 11.6. The third-order valence-corrected chi connectivity index (χ3v) is 20.8. The minimum absolute atomic E-state index is 0.286. The van der Waals surface area contributed by atoms with Crippen LogP contribution in [0.5, 0.6) is 11.5 Å². The molecule has 0 aromatic heterocycles. The van der Waals surface area contributed by atoms with Crippen molar-refractivity contribution in [2.24, 2.45) is 0 Å². The Morgan fingerprint density at radius 2 is 1.59 bits per heavy atom. The van der Waals surface area contributed by atoms with Gasteiger partial charge in [-0.15, -0.1) is 0 Å². The van der Waals surface area contributed by atoms with Crippen LogP contribution in [0.15, 0.2) is 21.9 Å². The van der Waals surface area contributed by atoms with Crippen molar-refractivity contribution in [3.05, 3.63) is 27.5 Å². The molecule has 1 aromatic carbocycles. The molecule has 1 heterocycles. The zero-order valence-electron chi connectivity index (χ0n) is 17.2. The van der Waals surface area contributed by atoms with Crippen molar-refractivity contribution >= 4 is 30.9 Å². The van der Waals surface area contributed by atoms with E-state index in [2.05, 4.69) is 38.2 Å². The number of nitrogens with one attached hydrogen (secondary N) is 1. The molecule has 5 heteroatoms. The Hall–Kier alpha value is -1.17. The Labute approximate surface area is 168 Å². The maximum absolute atomic E-state index is 11.5. The van der Waals surface area contributed by atoms with E-state index < -0.39 is 18.4 Å². The first-order valence-electron chi connectivity index (χ1n) is 10.5. The summed E-state index contributed by atoms with van der Waals surface area (Å²) in [6.45, 7) is 7.09. The molecule has 1 aliphatic rings. The fourth-order valence-corrected chi connectivity index (χ4v) is 19.6. The van der Waals surface area contributed by atoms with Gasteiger partial charge in [0.2, 0.25) is 0 Å². The molecule has 1 amide bonds. The second-order valence-corrected chi connectivity index (χ2v) is 20.7. The average molecular weight is 480 g/mol. The third-order valence-electron chi connectivity index (χ3n) is 5.52.